The van der Waals surface area contributed by atoms with Crippen LogP contribution in [0.15, 0.2) is 52.0 Å². The Morgan fingerprint density at radius 1 is 1.18 bits per heavy atom. The fourth-order valence-corrected chi connectivity index (χ4v) is 2.50. The van der Waals surface area contributed by atoms with Gasteiger partial charge in [-0.15, -0.1) is 0 Å². The lowest BCUT2D eigenvalue weighted by Gasteiger charge is -2.06. The second kappa shape index (κ2) is 10.2. The van der Waals surface area contributed by atoms with Crippen LogP contribution >= 0.6 is 15.9 Å². The molecule has 2 aromatic carbocycles. The molecule has 0 unspecified atom stereocenters. The van der Waals surface area contributed by atoms with Gasteiger partial charge in [-0.25, -0.2) is 5.43 Å². The van der Waals surface area contributed by atoms with Gasteiger partial charge in [-0.3, -0.25) is 19.7 Å². The van der Waals surface area contributed by atoms with E-state index >= 15 is 0 Å². The van der Waals surface area contributed by atoms with Crippen LogP contribution in [0.25, 0.3) is 0 Å². The predicted octanol–water partition coefficient (Wildman–Crippen LogP) is 3.23. The van der Waals surface area contributed by atoms with Crippen molar-refractivity contribution in [3.63, 3.8) is 0 Å². The van der Waals surface area contributed by atoms with E-state index < -0.39 is 10.8 Å². The van der Waals surface area contributed by atoms with Crippen molar-refractivity contribution in [1.82, 2.24) is 5.43 Å². The zero-order chi connectivity index (χ0) is 20.5. The first kappa shape index (κ1) is 21.0. The minimum atomic E-state index is -0.526. The maximum atomic E-state index is 11.9. The number of nitro benzene ring substituents is 1. The summed E-state index contributed by atoms with van der Waals surface area (Å²) >= 11 is 3.09. The van der Waals surface area contributed by atoms with Crippen LogP contribution in [0, 0.1) is 10.1 Å². The summed E-state index contributed by atoms with van der Waals surface area (Å²) < 4.78 is 5.38. The average Bonchev–Trinajstić information content (AvgIpc) is 2.68. The van der Waals surface area contributed by atoms with Crippen LogP contribution in [0.3, 0.4) is 0 Å². The van der Waals surface area contributed by atoms with Crippen LogP contribution in [0.5, 0.6) is 5.75 Å². The van der Waals surface area contributed by atoms with E-state index in [1.165, 1.54) is 18.3 Å². The molecule has 0 bridgehead atoms. The molecule has 0 aliphatic heterocycles. The SMILES string of the molecule is COc1ccc(NC(=O)CCC(=O)NN=Cc2ccc(Br)c([N+](=O)[O-])c2)cc1. The first-order chi connectivity index (χ1) is 13.4. The Bertz CT molecular complexity index is 899. The smallest absolute Gasteiger partial charge is 0.284 e. The zero-order valence-electron chi connectivity index (χ0n) is 14.8. The number of nitrogens with one attached hydrogen (secondary N) is 2. The van der Waals surface area contributed by atoms with Crippen molar-refractivity contribution in [2.75, 3.05) is 12.4 Å². The highest BCUT2D eigenvalue weighted by molar-refractivity contribution is 9.10. The summed E-state index contributed by atoms with van der Waals surface area (Å²) in [6.45, 7) is 0. The van der Waals surface area contributed by atoms with E-state index in [0.29, 0.717) is 21.5 Å². The number of anilines is 1. The fraction of sp³-hybridized carbons (Fsp3) is 0.167. The molecule has 2 rings (SSSR count). The first-order valence-corrected chi connectivity index (χ1v) is 8.88. The topological polar surface area (TPSA) is 123 Å². The first-order valence-electron chi connectivity index (χ1n) is 8.09. The minimum Gasteiger partial charge on any atom is -0.497 e. The van der Waals surface area contributed by atoms with Gasteiger partial charge in [0.1, 0.15) is 5.75 Å². The number of hydrazone groups is 1. The predicted molar refractivity (Wildman–Crippen MR) is 107 cm³/mol. The van der Waals surface area contributed by atoms with Crippen molar-refractivity contribution >= 4 is 45.3 Å². The van der Waals surface area contributed by atoms with E-state index in [-0.39, 0.29) is 24.4 Å². The number of methoxy groups -OCH3 is 1. The maximum absolute atomic E-state index is 11.9. The number of hydrogen-bond donors (Lipinski definition) is 2. The molecule has 0 fully saturated rings. The van der Waals surface area contributed by atoms with Gasteiger partial charge in [0.25, 0.3) is 5.69 Å². The Labute approximate surface area is 169 Å². The normalized spacial score (nSPS) is 10.5. The van der Waals surface area contributed by atoms with Gasteiger partial charge in [0.05, 0.1) is 22.7 Å². The summed E-state index contributed by atoms with van der Waals surface area (Å²) in [7, 11) is 1.55. The molecule has 2 amide bonds. The summed E-state index contributed by atoms with van der Waals surface area (Å²) in [5, 5.41) is 17.3. The number of halogens is 1. The third-order valence-corrected chi connectivity index (χ3v) is 4.19. The van der Waals surface area contributed by atoms with Crippen LogP contribution in [-0.4, -0.2) is 30.1 Å². The lowest BCUT2D eigenvalue weighted by Crippen LogP contribution is -2.20. The van der Waals surface area contributed by atoms with Crippen LogP contribution in [0.2, 0.25) is 0 Å². The number of amides is 2. The third kappa shape index (κ3) is 6.47. The monoisotopic (exact) mass is 448 g/mol. The third-order valence-electron chi connectivity index (χ3n) is 3.52. The Kier molecular flexibility index (Phi) is 7.64. The Morgan fingerprint density at radius 2 is 1.86 bits per heavy atom. The molecule has 0 heterocycles. The molecule has 0 aliphatic carbocycles. The molecular formula is C18H17BrN4O5. The van der Waals surface area contributed by atoms with E-state index in [1.54, 1.807) is 37.4 Å². The quantitative estimate of drug-likeness (QED) is 0.364. The van der Waals surface area contributed by atoms with Crippen molar-refractivity contribution in [2.45, 2.75) is 12.8 Å². The molecule has 0 aromatic heterocycles. The van der Waals surface area contributed by atoms with Crippen molar-refractivity contribution in [1.29, 1.82) is 0 Å². The Morgan fingerprint density at radius 3 is 2.50 bits per heavy atom. The summed E-state index contributed by atoms with van der Waals surface area (Å²) in [5.41, 5.74) is 3.22. The molecule has 28 heavy (non-hydrogen) atoms. The molecule has 0 saturated carbocycles. The standard InChI is InChI=1S/C18H17BrN4O5/c1-28-14-5-3-13(4-6-14)21-17(24)8-9-18(25)22-20-11-12-2-7-15(19)16(10-12)23(26)27/h2-7,10-11H,8-9H2,1H3,(H,21,24)(H,22,25). The number of carbonyl (C=O) groups is 2. The zero-order valence-corrected chi connectivity index (χ0v) is 16.4. The maximum Gasteiger partial charge on any atom is 0.284 e. The lowest BCUT2D eigenvalue weighted by atomic mass is 10.2. The molecular weight excluding hydrogens is 432 g/mol. The van der Waals surface area contributed by atoms with Gasteiger partial charge < -0.3 is 10.1 Å². The van der Waals surface area contributed by atoms with E-state index in [4.69, 9.17) is 4.74 Å². The van der Waals surface area contributed by atoms with Gasteiger partial charge in [-0.1, -0.05) is 6.07 Å². The molecule has 0 saturated heterocycles. The molecule has 2 aromatic rings. The minimum absolute atomic E-state index is 0.0167. The number of nitro groups is 1. The van der Waals surface area contributed by atoms with E-state index in [9.17, 15) is 19.7 Å². The number of rotatable bonds is 8. The summed E-state index contributed by atoms with van der Waals surface area (Å²) in [6.07, 6.45) is 1.21. The highest BCUT2D eigenvalue weighted by atomic mass is 79.9. The van der Waals surface area contributed by atoms with Crippen molar-refractivity contribution < 1.29 is 19.2 Å². The van der Waals surface area contributed by atoms with Crippen LogP contribution in [-0.2, 0) is 9.59 Å². The lowest BCUT2D eigenvalue weighted by molar-refractivity contribution is -0.385. The van der Waals surface area contributed by atoms with Crippen molar-refractivity contribution in [2.24, 2.45) is 5.10 Å². The summed E-state index contributed by atoms with van der Waals surface area (Å²) in [4.78, 5) is 34.0. The highest BCUT2D eigenvalue weighted by Gasteiger charge is 2.11. The molecule has 0 spiro atoms. The molecule has 10 heteroatoms. The van der Waals surface area contributed by atoms with E-state index in [1.807, 2.05) is 0 Å². The van der Waals surface area contributed by atoms with E-state index in [2.05, 4.69) is 31.8 Å². The van der Waals surface area contributed by atoms with Crippen LogP contribution in [0.1, 0.15) is 18.4 Å². The Hall–Kier alpha value is -3.27. The van der Waals surface area contributed by atoms with Crippen molar-refractivity contribution in [3.8, 4) is 5.75 Å². The van der Waals surface area contributed by atoms with Gasteiger partial charge in [-0.05, 0) is 46.3 Å². The van der Waals surface area contributed by atoms with E-state index in [0.717, 1.165) is 0 Å². The molecule has 9 nitrogen and oxygen atoms in total. The fourth-order valence-electron chi connectivity index (χ4n) is 2.11. The molecule has 2 N–H and O–H groups in total. The van der Waals surface area contributed by atoms with Gasteiger partial charge in [0.15, 0.2) is 0 Å². The van der Waals surface area contributed by atoms with Crippen molar-refractivity contribution in [3.05, 3.63) is 62.6 Å². The molecule has 146 valence electrons. The molecule has 0 atom stereocenters. The number of ether oxygens (including phenoxy) is 1. The van der Waals surface area contributed by atoms with Gasteiger partial charge >= 0.3 is 0 Å². The van der Waals surface area contributed by atoms with Crippen LogP contribution in [0.4, 0.5) is 11.4 Å². The van der Waals surface area contributed by atoms with Gasteiger partial charge in [-0.2, -0.15) is 5.10 Å². The second-order valence-electron chi connectivity index (χ2n) is 5.54. The molecule has 0 radical (unpaired) electrons. The number of benzene rings is 2. The summed E-state index contributed by atoms with van der Waals surface area (Å²) in [5.74, 6) is -0.0908. The summed E-state index contributed by atoms with van der Waals surface area (Å²) in [6, 6.07) is 11.3. The largest absolute Gasteiger partial charge is 0.497 e. The van der Waals surface area contributed by atoms with Gasteiger partial charge in [0.2, 0.25) is 11.8 Å². The van der Waals surface area contributed by atoms with Crippen LogP contribution < -0.4 is 15.5 Å². The number of nitrogens with zero attached hydrogens (tertiary/aromatic N) is 2. The average molecular weight is 449 g/mol. The number of carbonyl (C=O) groups excluding carboxylic acids is 2. The highest BCUT2D eigenvalue weighted by Crippen LogP contribution is 2.24. The Balaban J connectivity index is 1.79. The molecule has 0 aliphatic rings. The second-order valence-corrected chi connectivity index (χ2v) is 6.39. The number of hydrogen-bond acceptors (Lipinski definition) is 6. The van der Waals surface area contributed by atoms with Gasteiger partial charge in [0, 0.05) is 30.2 Å².